The molecule has 1 aliphatic rings. The van der Waals surface area contributed by atoms with Crippen LogP contribution in [0.3, 0.4) is 0 Å². The van der Waals surface area contributed by atoms with Crippen LogP contribution in [0.5, 0.6) is 0 Å². The van der Waals surface area contributed by atoms with Crippen LogP contribution in [0.1, 0.15) is 12.8 Å². The second-order valence-corrected chi connectivity index (χ2v) is 3.28. The van der Waals surface area contributed by atoms with E-state index in [0.717, 1.165) is 18.9 Å². The van der Waals surface area contributed by atoms with Gasteiger partial charge in [0.1, 0.15) is 5.82 Å². The molecule has 0 amide bonds. The zero-order valence-electron chi connectivity index (χ0n) is 8.35. The first-order valence-electron chi connectivity index (χ1n) is 4.68. The lowest BCUT2D eigenvalue weighted by Gasteiger charge is -2.23. The van der Waals surface area contributed by atoms with Gasteiger partial charge in [0.05, 0.1) is 6.20 Å². The molecule has 0 aliphatic carbocycles. The normalized spacial score (nSPS) is 19.6. The molecule has 0 aromatic carbocycles. The smallest absolute Gasteiger partial charge is 0.144 e. The molecule has 2 rings (SSSR count). The number of rotatable bonds is 2. The molecule has 1 atom stereocenters. The first-order valence-corrected chi connectivity index (χ1v) is 4.68. The molecule has 86 valence electrons. The standard InChI is InChI=1S/C9H14N4.2ClH/c1-2-8(6-10-3-1)13-9-7-11-4-5-12-9;;/h4-5,7-8,10H,1-3,6H2,(H,12,13);2*1H. The zero-order chi connectivity index (χ0) is 8.93. The first-order chi connectivity index (χ1) is 6.45. The minimum atomic E-state index is 0. The molecule has 2 N–H and O–H groups in total. The number of nitrogens with zero attached hydrogens (tertiary/aromatic N) is 2. The van der Waals surface area contributed by atoms with E-state index < -0.39 is 0 Å². The molecule has 1 aliphatic heterocycles. The Hall–Kier alpha value is -0.580. The van der Waals surface area contributed by atoms with Crippen molar-refractivity contribution < 1.29 is 0 Å². The number of aromatic nitrogens is 2. The van der Waals surface area contributed by atoms with E-state index in [9.17, 15) is 0 Å². The number of nitrogens with one attached hydrogen (secondary N) is 2. The first kappa shape index (κ1) is 14.4. The molecule has 0 spiro atoms. The molecule has 6 heteroatoms. The Kier molecular flexibility index (Phi) is 7.38. The summed E-state index contributed by atoms with van der Waals surface area (Å²) in [5, 5.41) is 6.69. The number of hydrogen-bond acceptors (Lipinski definition) is 4. The van der Waals surface area contributed by atoms with E-state index in [4.69, 9.17) is 0 Å². The quantitative estimate of drug-likeness (QED) is 0.836. The second-order valence-electron chi connectivity index (χ2n) is 3.28. The lowest BCUT2D eigenvalue weighted by atomic mass is 10.1. The minimum Gasteiger partial charge on any atom is -0.365 e. The third-order valence-electron chi connectivity index (χ3n) is 2.21. The van der Waals surface area contributed by atoms with E-state index in [2.05, 4.69) is 20.6 Å². The van der Waals surface area contributed by atoms with Gasteiger partial charge in [0.2, 0.25) is 0 Å². The Bertz CT molecular complexity index is 252. The monoisotopic (exact) mass is 250 g/mol. The van der Waals surface area contributed by atoms with Gasteiger partial charge in [-0.1, -0.05) is 0 Å². The SMILES string of the molecule is Cl.Cl.c1cnc(NC2CCCNC2)cn1. The molecule has 1 aromatic rings. The number of piperidine rings is 1. The fourth-order valence-electron chi connectivity index (χ4n) is 1.56. The van der Waals surface area contributed by atoms with Gasteiger partial charge in [-0.2, -0.15) is 0 Å². The highest BCUT2D eigenvalue weighted by Crippen LogP contribution is 2.07. The van der Waals surface area contributed by atoms with Crippen molar-refractivity contribution in [1.82, 2.24) is 15.3 Å². The van der Waals surface area contributed by atoms with Gasteiger partial charge in [-0.3, -0.25) is 4.98 Å². The molecule has 4 nitrogen and oxygen atoms in total. The summed E-state index contributed by atoms with van der Waals surface area (Å²) >= 11 is 0. The maximum absolute atomic E-state index is 4.17. The second kappa shape index (κ2) is 7.68. The molecule has 0 bridgehead atoms. The fourth-order valence-corrected chi connectivity index (χ4v) is 1.56. The average Bonchev–Trinajstić information content (AvgIpc) is 2.21. The van der Waals surface area contributed by atoms with Crippen molar-refractivity contribution in [3.63, 3.8) is 0 Å². The van der Waals surface area contributed by atoms with Gasteiger partial charge in [0, 0.05) is 25.0 Å². The predicted molar refractivity (Wildman–Crippen MR) is 66.0 cm³/mol. The van der Waals surface area contributed by atoms with Gasteiger partial charge >= 0.3 is 0 Å². The van der Waals surface area contributed by atoms with Crippen LogP contribution >= 0.6 is 24.8 Å². The van der Waals surface area contributed by atoms with Crippen LogP contribution < -0.4 is 10.6 Å². The van der Waals surface area contributed by atoms with Gasteiger partial charge < -0.3 is 10.6 Å². The number of halogens is 2. The Balaban J connectivity index is 0.000000980. The maximum atomic E-state index is 4.17. The van der Waals surface area contributed by atoms with Crippen molar-refractivity contribution in [1.29, 1.82) is 0 Å². The highest BCUT2D eigenvalue weighted by molar-refractivity contribution is 5.85. The van der Waals surface area contributed by atoms with Crippen molar-refractivity contribution in [2.75, 3.05) is 18.4 Å². The number of hydrogen-bond donors (Lipinski definition) is 2. The molecule has 1 saturated heterocycles. The van der Waals surface area contributed by atoms with E-state index >= 15 is 0 Å². The van der Waals surface area contributed by atoms with Crippen molar-refractivity contribution in [3.8, 4) is 0 Å². The molecule has 1 unspecified atom stereocenters. The summed E-state index contributed by atoms with van der Waals surface area (Å²) in [6.45, 7) is 2.16. The van der Waals surface area contributed by atoms with Gasteiger partial charge in [0.25, 0.3) is 0 Å². The van der Waals surface area contributed by atoms with E-state index in [1.807, 2.05) is 0 Å². The van der Waals surface area contributed by atoms with E-state index in [1.54, 1.807) is 18.6 Å². The average molecular weight is 251 g/mol. The van der Waals surface area contributed by atoms with Gasteiger partial charge in [-0.15, -0.1) is 24.8 Å². The summed E-state index contributed by atoms with van der Waals surface area (Å²) in [5.74, 6) is 0.871. The van der Waals surface area contributed by atoms with Crippen LogP contribution in [0.2, 0.25) is 0 Å². The van der Waals surface area contributed by atoms with Gasteiger partial charge in [-0.05, 0) is 19.4 Å². The Morgan fingerprint density at radius 3 is 2.80 bits per heavy atom. The lowest BCUT2D eigenvalue weighted by Crippen LogP contribution is -2.38. The molecule has 1 aromatic heterocycles. The lowest BCUT2D eigenvalue weighted by molar-refractivity contribution is 0.479. The highest BCUT2D eigenvalue weighted by atomic mass is 35.5. The third-order valence-corrected chi connectivity index (χ3v) is 2.21. The molecular formula is C9H16Cl2N4. The van der Waals surface area contributed by atoms with Crippen LogP contribution in [-0.4, -0.2) is 29.1 Å². The van der Waals surface area contributed by atoms with Crippen molar-refractivity contribution in [2.45, 2.75) is 18.9 Å². The Labute approximate surface area is 102 Å². The molecule has 2 heterocycles. The van der Waals surface area contributed by atoms with E-state index in [-0.39, 0.29) is 24.8 Å². The van der Waals surface area contributed by atoms with Crippen LogP contribution in [0.15, 0.2) is 18.6 Å². The minimum absolute atomic E-state index is 0. The van der Waals surface area contributed by atoms with Crippen LogP contribution in [0, 0.1) is 0 Å². The summed E-state index contributed by atoms with van der Waals surface area (Å²) in [4.78, 5) is 8.18. The molecule has 0 saturated carbocycles. The molecule has 0 radical (unpaired) electrons. The van der Waals surface area contributed by atoms with Gasteiger partial charge in [0.15, 0.2) is 0 Å². The van der Waals surface area contributed by atoms with Crippen LogP contribution in [0.4, 0.5) is 5.82 Å². The molecule has 15 heavy (non-hydrogen) atoms. The largest absolute Gasteiger partial charge is 0.365 e. The van der Waals surface area contributed by atoms with Crippen LogP contribution in [-0.2, 0) is 0 Å². The summed E-state index contributed by atoms with van der Waals surface area (Å²) in [7, 11) is 0. The van der Waals surface area contributed by atoms with Crippen molar-refractivity contribution in [3.05, 3.63) is 18.6 Å². The van der Waals surface area contributed by atoms with E-state index in [0.29, 0.717) is 6.04 Å². The maximum Gasteiger partial charge on any atom is 0.144 e. The zero-order valence-corrected chi connectivity index (χ0v) is 9.98. The summed E-state index contributed by atoms with van der Waals surface area (Å²) in [6, 6.07) is 0.505. The predicted octanol–water partition coefficient (Wildman–Crippen LogP) is 1.48. The molecule has 1 fully saturated rings. The fraction of sp³-hybridized carbons (Fsp3) is 0.556. The summed E-state index contributed by atoms with van der Waals surface area (Å²) < 4.78 is 0. The van der Waals surface area contributed by atoms with Crippen molar-refractivity contribution in [2.24, 2.45) is 0 Å². The number of anilines is 1. The van der Waals surface area contributed by atoms with Crippen molar-refractivity contribution >= 4 is 30.6 Å². The molecular weight excluding hydrogens is 235 g/mol. The van der Waals surface area contributed by atoms with E-state index in [1.165, 1.54) is 12.8 Å². The summed E-state index contributed by atoms with van der Waals surface area (Å²) in [6.07, 6.45) is 7.60. The third kappa shape index (κ3) is 4.64. The topological polar surface area (TPSA) is 49.8 Å². The Morgan fingerprint density at radius 2 is 2.20 bits per heavy atom. The van der Waals surface area contributed by atoms with Gasteiger partial charge in [-0.25, -0.2) is 4.98 Å². The Morgan fingerprint density at radius 1 is 1.33 bits per heavy atom. The highest BCUT2D eigenvalue weighted by Gasteiger charge is 2.12. The summed E-state index contributed by atoms with van der Waals surface area (Å²) in [5.41, 5.74) is 0. The van der Waals surface area contributed by atoms with Crippen LogP contribution in [0.25, 0.3) is 0 Å².